The Hall–Kier alpha value is -1.96. The normalized spacial score (nSPS) is 39.3. The molecule has 4 aliphatic rings. The van der Waals surface area contributed by atoms with Crippen molar-refractivity contribution in [2.24, 2.45) is 23.2 Å². The molecule has 4 aliphatic carbocycles. The Labute approximate surface area is 155 Å². The van der Waals surface area contributed by atoms with Gasteiger partial charge in [0.1, 0.15) is 17.6 Å². The molecule has 134 valence electrons. The van der Waals surface area contributed by atoms with Crippen molar-refractivity contribution in [3.8, 4) is 11.5 Å². The van der Waals surface area contributed by atoms with E-state index in [1.54, 1.807) is 0 Å². The van der Waals surface area contributed by atoms with E-state index < -0.39 is 0 Å². The van der Waals surface area contributed by atoms with E-state index >= 15 is 0 Å². The molecule has 3 unspecified atom stereocenters. The molecule has 1 spiro atoms. The van der Waals surface area contributed by atoms with Crippen LogP contribution in [0, 0.1) is 23.2 Å². The standard InChI is InChI=1S/C24H26O2/c25-17-8-10-19-15(12-17)6-9-20-21-11-7-16-13-24(16,21)14-22(23(19)20)26-18-4-2-1-3-5-18/h1-5,8,10,12,16,20-23,25H,6-7,9,11,13-14H2/t16-,20?,21?,22+,23-,24?/m1/s1. The number of fused-ring (bicyclic) bond motifs is 4. The van der Waals surface area contributed by atoms with Crippen LogP contribution in [0.4, 0.5) is 0 Å². The highest BCUT2D eigenvalue weighted by atomic mass is 16.5. The van der Waals surface area contributed by atoms with Crippen LogP contribution in [-0.2, 0) is 6.42 Å². The molecule has 1 N–H and O–H groups in total. The molecule has 26 heavy (non-hydrogen) atoms. The van der Waals surface area contributed by atoms with E-state index in [0.717, 1.165) is 29.9 Å². The molecule has 2 heteroatoms. The fourth-order valence-electron chi connectivity index (χ4n) is 7.04. The summed E-state index contributed by atoms with van der Waals surface area (Å²) in [5.74, 6) is 4.51. The van der Waals surface area contributed by atoms with Crippen molar-refractivity contribution in [3.63, 3.8) is 0 Å². The molecule has 6 rings (SSSR count). The first-order chi connectivity index (χ1) is 12.7. The maximum absolute atomic E-state index is 9.95. The summed E-state index contributed by atoms with van der Waals surface area (Å²) in [6, 6.07) is 16.4. The summed E-state index contributed by atoms with van der Waals surface area (Å²) in [5.41, 5.74) is 3.38. The zero-order chi connectivity index (χ0) is 17.3. The summed E-state index contributed by atoms with van der Waals surface area (Å²) < 4.78 is 6.65. The monoisotopic (exact) mass is 346 g/mol. The molecule has 0 bridgehead atoms. The summed E-state index contributed by atoms with van der Waals surface area (Å²) in [7, 11) is 0. The first-order valence-electron chi connectivity index (χ1n) is 10.3. The number of ether oxygens (including phenoxy) is 1. The van der Waals surface area contributed by atoms with E-state index in [1.807, 2.05) is 12.1 Å². The molecular weight excluding hydrogens is 320 g/mol. The van der Waals surface area contributed by atoms with Crippen LogP contribution in [0.3, 0.4) is 0 Å². The smallest absolute Gasteiger partial charge is 0.119 e. The SMILES string of the molecule is Oc1ccc2c(c1)CCC1C3CC[C@@H]4CC34C[C@H](Oc3ccccc3)[C@H]21. The van der Waals surface area contributed by atoms with Gasteiger partial charge in [-0.25, -0.2) is 0 Å². The summed E-state index contributed by atoms with van der Waals surface area (Å²) in [6.45, 7) is 0. The summed E-state index contributed by atoms with van der Waals surface area (Å²) in [5, 5.41) is 9.95. The third-order valence-corrected chi connectivity index (χ3v) is 8.07. The molecule has 0 radical (unpaired) electrons. The summed E-state index contributed by atoms with van der Waals surface area (Å²) in [6.07, 6.45) is 8.17. The van der Waals surface area contributed by atoms with Crippen LogP contribution < -0.4 is 4.74 Å². The number of aromatic hydroxyl groups is 1. The highest BCUT2D eigenvalue weighted by Crippen LogP contribution is 2.75. The lowest BCUT2D eigenvalue weighted by atomic mass is 9.57. The van der Waals surface area contributed by atoms with Crippen LogP contribution in [0.5, 0.6) is 11.5 Å². The van der Waals surface area contributed by atoms with Gasteiger partial charge in [-0.3, -0.25) is 0 Å². The Balaban J connectivity index is 1.43. The fourth-order valence-corrected chi connectivity index (χ4v) is 7.04. The highest BCUT2D eigenvalue weighted by Gasteiger charge is 2.68. The molecular formula is C24H26O2. The first kappa shape index (κ1) is 15.1. The van der Waals surface area contributed by atoms with Gasteiger partial charge in [0.15, 0.2) is 0 Å². The minimum atomic E-state index is 0.269. The van der Waals surface area contributed by atoms with Crippen LogP contribution in [0.2, 0.25) is 0 Å². The number of benzene rings is 2. The van der Waals surface area contributed by atoms with E-state index in [9.17, 15) is 5.11 Å². The average Bonchev–Trinajstić information content (AvgIpc) is 3.23. The van der Waals surface area contributed by atoms with Crippen LogP contribution in [0.25, 0.3) is 0 Å². The van der Waals surface area contributed by atoms with Crippen molar-refractivity contribution >= 4 is 0 Å². The predicted molar refractivity (Wildman–Crippen MR) is 101 cm³/mol. The number of aryl methyl sites for hydroxylation is 1. The average molecular weight is 346 g/mol. The highest BCUT2D eigenvalue weighted by molar-refractivity contribution is 5.42. The van der Waals surface area contributed by atoms with Crippen LogP contribution >= 0.6 is 0 Å². The molecule has 2 nitrogen and oxygen atoms in total. The van der Waals surface area contributed by atoms with Crippen molar-refractivity contribution in [2.45, 2.75) is 50.5 Å². The zero-order valence-electron chi connectivity index (χ0n) is 15.1. The number of hydrogen-bond acceptors (Lipinski definition) is 2. The third kappa shape index (κ3) is 2.05. The molecule has 0 saturated heterocycles. The largest absolute Gasteiger partial charge is 0.508 e. The minimum Gasteiger partial charge on any atom is -0.508 e. The molecule has 3 fully saturated rings. The van der Waals surface area contributed by atoms with Crippen molar-refractivity contribution in [2.75, 3.05) is 0 Å². The van der Waals surface area contributed by atoms with Crippen molar-refractivity contribution < 1.29 is 9.84 Å². The van der Waals surface area contributed by atoms with E-state index in [-0.39, 0.29) is 6.10 Å². The molecule has 3 saturated carbocycles. The summed E-state index contributed by atoms with van der Waals surface area (Å²) in [4.78, 5) is 0. The van der Waals surface area contributed by atoms with Crippen LogP contribution in [-0.4, -0.2) is 11.2 Å². The number of para-hydroxylation sites is 1. The molecule has 6 atom stereocenters. The Bertz CT molecular complexity index is 845. The maximum Gasteiger partial charge on any atom is 0.119 e. The summed E-state index contributed by atoms with van der Waals surface area (Å²) >= 11 is 0. The number of hydrogen-bond donors (Lipinski definition) is 1. The van der Waals surface area contributed by atoms with Gasteiger partial charge in [-0.05, 0) is 97.1 Å². The third-order valence-electron chi connectivity index (χ3n) is 8.07. The number of phenols is 1. The molecule has 0 aromatic heterocycles. The van der Waals surface area contributed by atoms with Crippen molar-refractivity contribution in [1.82, 2.24) is 0 Å². The van der Waals surface area contributed by atoms with Gasteiger partial charge in [0.2, 0.25) is 0 Å². The molecule has 0 heterocycles. The van der Waals surface area contributed by atoms with Gasteiger partial charge in [-0.15, -0.1) is 0 Å². The van der Waals surface area contributed by atoms with Gasteiger partial charge in [0.25, 0.3) is 0 Å². The fraction of sp³-hybridized carbons (Fsp3) is 0.500. The van der Waals surface area contributed by atoms with Gasteiger partial charge in [0.05, 0.1) is 0 Å². The molecule has 0 aliphatic heterocycles. The van der Waals surface area contributed by atoms with Gasteiger partial charge < -0.3 is 9.84 Å². The topological polar surface area (TPSA) is 29.5 Å². The lowest BCUT2D eigenvalue weighted by Crippen LogP contribution is -2.46. The minimum absolute atomic E-state index is 0.269. The lowest BCUT2D eigenvalue weighted by Gasteiger charge is -2.49. The van der Waals surface area contributed by atoms with Gasteiger partial charge in [0, 0.05) is 5.92 Å². The number of rotatable bonds is 2. The molecule has 2 aromatic carbocycles. The second kappa shape index (κ2) is 5.28. The van der Waals surface area contributed by atoms with Crippen LogP contribution in [0.1, 0.15) is 49.1 Å². The first-order valence-corrected chi connectivity index (χ1v) is 10.3. The lowest BCUT2D eigenvalue weighted by molar-refractivity contribution is 0.00359. The van der Waals surface area contributed by atoms with E-state index in [0.29, 0.717) is 17.1 Å². The van der Waals surface area contributed by atoms with Crippen molar-refractivity contribution in [1.29, 1.82) is 0 Å². The Kier molecular flexibility index (Phi) is 3.07. The molecule has 2 aromatic rings. The van der Waals surface area contributed by atoms with E-state index in [4.69, 9.17) is 4.74 Å². The zero-order valence-corrected chi connectivity index (χ0v) is 15.1. The number of phenolic OH excluding ortho intramolecular Hbond substituents is 1. The Morgan fingerprint density at radius 1 is 0.962 bits per heavy atom. The predicted octanol–water partition coefficient (Wildman–Crippen LogP) is 5.31. The van der Waals surface area contributed by atoms with Gasteiger partial charge in [-0.1, -0.05) is 24.3 Å². The van der Waals surface area contributed by atoms with E-state index in [2.05, 4.69) is 36.4 Å². The van der Waals surface area contributed by atoms with Gasteiger partial charge in [-0.2, -0.15) is 0 Å². The Morgan fingerprint density at radius 3 is 2.69 bits per heavy atom. The van der Waals surface area contributed by atoms with E-state index in [1.165, 1.54) is 43.2 Å². The maximum atomic E-state index is 9.95. The second-order valence-electron chi connectivity index (χ2n) is 9.10. The van der Waals surface area contributed by atoms with Crippen LogP contribution in [0.15, 0.2) is 48.5 Å². The quantitative estimate of drug-likeness (QED) is 0.799. The Morgan fingerprint density at radius 2 is 1.85 bits per heavy atom. The van der Waals surface area contributed by atoms with Crippen molar-refractivity contribution in [3.05, 3.63) is 59.7 Å². The second-order valence-corrected chi connectivity index (χ2v) is 9.10. The van der Waals surface area contributed by atoms with Gasteiger partial charge >= 0.3 is 0 Å². The molecule has 0 amide bonds.